The molecule has 1 saturated carbocycles. The summed E-state index contributed by atoms with van der Waals surface area (Å²) in [6, 6.07) is 14.2. The van der Waals surface area contributed by atoms with Crippen molar-refractivity contribution in [1.82, 2.24) is 4.90 Å². The summed E-state index contributed by atoms with van der Waals surface area (Å²) < 4.78 is 0. The second kappa shape index (κ2) is 9.27. The second-order valence-corrected chi connectivity index (χ2v) is 9.72. The van der Waals surface area contributed by atoms with Gasteiger partial charge in [-0.25, -0.2) is 4.99 Å². The van der Waals surface area contributed by atoms with Crippen LogP contribution in [-0.2, 0) is 9.59 Å². The number of aliphatic imine (C=N–C) groups is 1. The van der Waals surface area contributed by atoms with Crippen molar-refractivity contribution in [2.75, 3.05) is 5.32 Å². The van der Waals surface area contributed by atoms with Gasteiger partial charge >= 0.3 is 0 Å². The predicted octanol–water partition coefficient (Wildman–Crippen LogP) is 5.51. The first kappa shape index (κ1) is 21.6. The molecule has 0 aromatic heterocycles. The monoisotopic (exact) mass is 435 g/mol. The van der Waals surface area contributed by atoms with Crippen molar-refractivity contribution in [3.8, 4) is 0 Å². The topological polar surface area (TPSA) is 61.8 Å². The van der Waals surface area contributed by atoms with E-state index in [1.165, 1.54) is 17.3 Å². The SMILES string of the molecule is Cc1ccc(N=C2SC(CC(=O)Nc3cc(C)ccc3C)C(=O)N2C2CCCC2)cc1. The molecule has 2 aliphatic rings. The summed E-state index contributed by atoms with van der Waals surface area (Å²) in [6.45, 7) is 6.01. The van der Waals surface area contributed by atoms with Crippen molar-refractivity contribution < 1.29 is 9.59 Å². The van der Waals surface area contributed by atoms with Crippen LogP contribution in [0.4, 0.5) is 11.4 Å². The molecular weight excluding hydrogens is 406 g/mol. The molecule has 0 spiro atoms. The molecule has 1 heterocycles. The van der Waals surface area contributed by atoms with Crippen LogP contribution in [0.1, 0.15) is 48.8 Å². The number of aryl methyl sites for hydroxylation is 3. The summed E-state index contributed by atoms with van der Waals surface area (Å²) in [5.74, 6) is -0.124. The molecule has 162 valence electrons. The minimum absolute atomic E-state index is 0.0128. The maximum absolute atomic E-state index is 13.3. The number of rotatable bonds is 5. The van der Waals surface area contributed by atoms with E-state index in [4.69, 9.17) is 4.99 Å². The molecule has 2 fully saturated rings. The molecule has 2 aromatic carbocycles. The van der Waals surface area contributed by atoms with Crippen molar-refractivity contribution in [1.29, 1.82) is 0 Å². The number of hydrogen-bond donors (Lipinski definition) is 1. The lowest BCUT2D eigenvalue weighted by molar-refractivity contribution is -0.129. The Morgan fingerprint density at radius 3 is 2.45 bits per heavy atom. The summed E-state index contributed by atoms with van der Waals surface area (Å²) in [6.07, 6.45) is 4.41. The first-order chi connectivity index (χ1) is 14.9. The summed E-state index contributed by atoms with van der Waals surface area (Å²) in [5, 5.41) is 3.28. The molecule has 1 N–H and O–H groups in total. The van der Waals surface area contributed by atoms with Gasteiger partial charge in [-0.05, 0) is 62.9 Å². The van der Waals surface area contributed by atoms with E-state index in [-0.39, 0.29) is 24.3 Å². The lowest BCUT2D eigenvalue weighted by Crippen LogP contribution is -2.40. The highest BCUT2D eigenvalue weighted by Gasteiger charge is 2.43. The zero-order chi connectivity index (χ0) is 22.0. The van der Waals surface area contributed by atoms with Crippen LogP contribution in [0.2, 0.25) is 0 Å². The van der Waals surface area contributed by atoms with Crippen molar-refractivity contribution in [2.45, 2.75) is 64.2 Å². The van der Waals surface area contributed by atoms with Gasteiger partial charge in [-0.2, -0.15) is 0 Å². The van der Waals surface area contributed by atoms with E-state index in [1.54, 1.807) is 0 Å². The fourth-order valence-electron chi connectivity index (χ4n) is 4.16. The first-order valence-corrected chi connectivity index (χ1v) is 11.8. The standard InChI is InChI=1S/C25H29N3O2S/c1-16-9-12-19(13-10-16)26-25-28(20-6-4-5-7-20)24(30)22(31-25)15-23(29)27-21-14-17(2)8-11-18(21)3/h8-14,20,22H,4-7,15H2,1-3H3,(H,27,29). The molecule has 1 unspecified atom stereocenters. The Morgan fingerprint density at radius 1 is 1.06 bits per heavy atom. The van der Waals surface area contributed by atoms with E-state index in [0.29, 0.717) is 0 Å². The van der Waals surface area contributed by atoms with Gasteiger partial charge in [-0.15, -0.1) is 0 Å². The molecule has 1 saturated heterocycles. The summed E-state index contributed by atoms with van der Waals surface area (Å²) >= 11 is 1.42. The van der Waals surface area contributed by atoms with Gasteiger partial charge in [0.25, 0.3) is 0 Å². The minimum Gasteiger partial charge on any atom is -0.326 e. The summed E-state index contributed by atoms with van der Waals surface area (Å²) in [5.41, 5.74) is 4.92. The van der Waals surface area contributed by atoms with Crippen LogP contribution in [0.25, 0.3) is 0 Å². The molecule has 2 aromatic rings. The van der Waals surface area contributed by atoms with E-state index in [0.717, 1.165) is 53.4 Å². The molecule has 6 heteroatoms. The third-order valence-corrected chi connectivity index (χ3v) is 7.10. The highest BCUT2D eigenvalue weighted by molar-refractivity contribution is 8.15. The fourth-order valence-corrected chi connectivity index (χ4v) is 5.38. The van der Waals surface area contributed by atoms with Crippen LogP contribution in [0.3, 0.4) is 0 Å². The van der Waals surface area contributed by atoms with Crippen LogP contribution < -0.4 is 5.32 Å². The van der Waals surface area contributed by atoms with Crippen LogP contribution in [0.15, 0.2) is 47.5 Å². The fraction of sp³-hybridized carbons (Fsp3) is 0.400. The largest absolute Gasteiger partial charge is 0.326 e. The minimum atomic E-state index is -0.435. The van der Waals surface area contributed by atoms with E-state index in [9.17, 15) is 9.59 Å². The molecule has 0 radical (unpaired) electrons. The highest BCUT2D eigenvalue weighted by atomic mass is 32.2. The van der Waals surface area contributed by atoms with Crippen LogP contribution in [0, 0.1) is 20.8 Å². The number of anilines is 1. The Morgan fingerprint density at radius 2 is 1.74 bits per heavy atom. The molecule has 31 heavy (non-hydrogen) atoms. The maximum Gasteiger partial charge on any atom is 0.242 e. The number of amidine groups is 1. The molecular formula is C25H29N3O2S. The van der Waals surface area contributed by atoms with Gasteiger partial charge in [-0.1, -0.05) is 54.4 Å². The first-order valence-electron chi connectivity index (χ1n) is 10.9. The Kier molecular flexibility index (Phi) is 6.46. The van der Waals surface area contributed by atoms with Gasteiger partial charge in [0.2, 0.25) is 11.8 Å². The van der Waals surface area contributed by atoms with Gasteiger partial charge in [-0.3, -0.25) is 14.5 Å². The average molecular weight is 436 g/mol. The van der Waals surface area contributed by atoms with E-state index in [2.05, 4.69) is 5.32 Å². The van der Waals surface area contributed by atoms with Gasteiger partial charge in [0.1, 0.15) is 5.25 Å². The summed E-state index contributed by atoms with van der Waals surface area (Å²) in [7, 11) is 0. The zero-order valence-electron chi connectivity index (χ0n) is 18.4. The summed E-state index contributed by atoms with van der Waals surface area (Å²) in [4.78, 5) is 32.7. The molecule has 1 aliphatic heterocycles. The Bertz CT molecular complexity index is 1010. The number of nitrogens with one attached hydrogen (secondary N) is 1. The Labute approximate surface area is 188 Å². The number of benzene rings is 2. The van der Waals surface area contributed by atoms with Gasteiger partial charge in [0.05, 0.1) is 5.69 Å². The smallest absolute Gasteiger partial charge is 0.242 e. The Hall–Kier alpha value is -2.60. The van der Waals surface area contributed by atoms with Crippen molar-refractivity contribution in [3.63, 3.8) is 0 Å². The van der Waals surface area contributed by atoms with Crippen molar-refractivity contribution in [2.24, 2.45) is 4.99 Å². The quantitative estimate of drug-likeness (QED) is 0.673. The molecule has 0 bridgehead atoms. The van der Waals surface area contributed by atoms with Crippen LogP contribution in [-0.4, -0.2) is 33.2 Å². The molecule has 4 rings (SSSR count). The molecule has 1 aliphatic carbocycles. The zero-order valence-corrected chi connectivity index (χ0v) is 19.2. The van der Waals surface area contributed by atoms with Gasteiger partial charge in [0, 0.05) is 18.2 Å². The lowest BCUT2D eigenvalue weighted by atomic mass is 10.1. The number of carbonyl (C=O) groups excluding carboxylic acids is 2. The van der Waals surface area contributed by atoms with E-state index < -0.39 is 5.25 Å². The molecule has 1 atom stereocenters. The van der Waals surface area contributed by atoms with Crippen LogP contribution >= 0.6 is 11.8 Å². The Balaban J connectivity index is 1.52. The van der Waals surface area contributed by atoms with E-state index in [1.807, 2.05) is 68.1 Å². The number of hydrogen-bond acceptors (Lipinski definition) is 4. The number of carbonyl (C=O) groups is 2. The lowest BCUT2D eigenvalue weighted by Gasteiger charge is -2.23. The normalized spacial score (nSPS) is 20.6. The average Bonchev–Trinajstić information content (AvgIpc) is 3.35. The third-order valence-electron chi connectivity index (χ3n) is 5.95. The third kappa shape index (κ3) is 5.01. The second-order valence-electron chi connectivity index (χ2n) is 8.55. The molecule has 5 nitrogen and oxygen atoms in total. The number of thioether (sulfide) groups is 1. The maximum atomic E-state index is 13.3. The van der Waals surface area contributed by atoms with Crippen molar-refractivity contribution >= 4 is 40.1 Å². The highest BCUT2D eigenvalue weighted by Crippen LogP contribution is 2.37. The number of nitrogens with zero attached hydrogens (tertiary/aromatic N) is 2. The number of amides is 2. The van der Waals surface area contributed by atoms with Crippen LogP contribution in [0.5, 0.6) is 0 Å². The van der Waals surface area contributed by atoms with Gasteiger partial charge in [0.15, 0.2) is 5.17 Å². The van der Waals surface area contributed by atoms with E-state index >= 15 is 0 Å². The van der Waals surface area contributed by atoms with Crippen molar-refractivity contribution in [3.05, 3.63) is 59.2 Å². The van der Waals surface area contributed by atoms with Gasteiger partial charge < -0.3 is 5.32 Å². The molecule has 2 amide bonds. The predicted molar refractivity (Wildman–Crippen MR) is 128 cm³/mol.